The number of methoxy groups -OCH3 is 1. The number of aromatic nitrogens is 4. The number of ether oxygens (including phenoxy) is 1. The zero-order valence-corrected chi connectivity index (χ0v) is 19.3. The molecule has 176 valence electrons. The normalized spacial score (nSPS) is 11.5. The van der Waals surface area contributed by atoms with Gasteiger partial charge < -0.3 is 10.1 Å². The molecule has 0 aliphatic heterocycles. The van der Waals surface area contributed by atoms with Crippen molar-refractivity contribution in [1.82, 2.24) is 24.5 Å². The zero-order chi connectivity index (χ0) is 24.3. The smallest absolute Gasteiger partial charge is 0.300 e. The van der Waals surface area contributed by atoms with Gasteiger partial charge in [0.05, 0.1) is 12.8 Å². The summed E-state index contributed by atoms with van der Waals surface area (Å²) in [7, 11) is 1.61. The van der Waals surface area contributed by atoms with Gasteiger partial charge in [-0.3, -0.25) is 18.6 Å². The third-order valence-corrected chi connectivity index (χ3v) is 5.55. The Kier molecular flexibility index (Phi) is 6.45. The second kappa shape index (κ2) is 9.46. The Labute approximate surface area is 196 Å². The number of hydrogen-bond acceptors (Lipinski definition) is 5. The molecule has 4 rings (SSSR count). The fraction of sp³-hybridized carbons (Fsp3) is 0.280. The standard InChI is InChI=1S/C25H26FN5O3/c1-25(2,15-22(32)27-16-17-7-9-20(34-3)10-8-17)14-21-28-29-23-24(33)30(11-12-31(21)23)19-6-4-5-18(26)13-19/h4-13H,14-16H2,1-3H3,(H,27,32). The highest BCUT2D eigenvalue weighted by molar-refractivity contribution is 5.76. The van der Waals surface area contributed by atoms with Crippen molar-refractivity contribution in [3.63, 3.8) is 0 Å². The number of hydrogen-bond donors (Lipinski definition) is 1. The van der Waals surface area contributed by atoms with Gasteiger partial charge in [-0.05, 0) is 41.3 Å². The lowest BCUT2D eigenvalue weighted by molar-refractivity contribution is -0.123. The first-order valence-electron chi connectivity index (χ1n) is 10.9. The lowest BCUT2D eigenvalue weighted by Crippen LogP contribution is -2.30. The monoisotopic (exact) mass is 463 g/mol. The average molecular weight is 464 g/mol. The van der Waals surface area contributed by atoms with Gasteiger partial charge in [-0.25, -0.2) is 4.39 Å². The van der Waals surface area contributed by atoms with Crippen LogP contribution in [0.25, 0.3) is 11.3 Å². The van der Waals surface area contributed by atoms with Gasteiger partial charge in [0.15, 0.2) is 0 Å². The number of nitrogens with zero attached hydrogens (tertiary/aromatic N) is 4. The van der Waals surface area contributed by atoms with Crippen LogP contribution in [0.1, 0.15) is 31.7 Å². The summed E-state index contributed by atoms with van der Waals surface area (Å²) >= 11 is 0. The third-order valence-electron chi connectivity index (χ3n) is 5.55. The van der Waals surface area contributed by atoms with Crippen molar-refractivity contribution >= 4 is 11.6 Å². The summed E-state index contributed by atoms with van der Waals surface area (Å²) in [6.07, 6.45) is 3.95. The van der Waals surface area contributed by atoms with Crippen molar-refractivity contribution in [2.75, 3.05) is 7.11 Å². The van der Waals surface area contributed by atoms with E-state index in [9.17, 15) is 14.0 Å². The van der Waals surface area contributed by atoms with Crippen molar-refractivity contribution in [1.29, 1.82) is 0 Å². The Morgan fingerprint density at radius 3 is 2.59 bits per heavy atom. The molecule has 0 bridgehead atoms. The predicted octanol–water partition coefficient (Wildman–Crippen LogP) is 3.30. The number of amides is 1. The molecule has 0 unspecified atom stereocenters. The van der Waals surface area contributed by atoms with Gasteiger partial charge in [-0.1, -0.05) is 32.0 Å². The van der Waals surface area contributed by atoms with Crippen LogP contribution in [0.4, 0.5) is 4.39 Å². The summed E-state index contributed by atoms with van der Waals surface area (Å²) in [6, 6.07) is 13.3. The maximum atomic E-state index is 13.6. The summed E-state index contributed by atoms with van der Waals surface area (Å²) in [4.78, 5) is 25.5. The molecule has 2 heterocycles. The molecular formula is C25H26FN5O3. The largest absolute Gasteiger partial charge is 0.497 e. The summed E-state index contributed by atoms with van der Waals surface area (Å²) < 4.78 is 21.7. The van der Waals surface area contributed by atoms with E-state index in [-0.39, 0.29) is 18.0 Å². The van der Waals surface area contributed by atoms with Gasteiger partial charge in [0, 0.05) is 31.8 Å². The molecule has 0 spiro atoms. The van der Waals surface area contributed by atoms with Gasteiger partial charge in [-0.2, -0.15) is 0 Å². The number of nitrogens with one attached hydrogen (secondary N) is 1. The highest BCUT2D eigenvalue weighted by Crippen LogP contribution is 2.25. The van der Waals surface area contributed by atoms with Crippen molar-refractivity contribution in [2.45, 2.75) is 33.2 Å². The molecule has 1 N–H and O–H groups in total. The quantitative estimate of drug-likeness (QED) is 0.433. The summed E-state index contributed by atoms with van der Waals surface area (Å²) in [5.41, 5.74) is 0.698. The Balaban J connectivity index is 1.45. The van der Waals surface area contributed by atoms with E-state index in [2.05, 4.69) is 15.5 Å². The van der Waals surface area contributed by atoms with E-state index in [0.717, 1.165) is 11.3 Å². The molecule has 2 aromatic carbocycles. The summed E-state index contributed by atoms with van der Waals surface area (Å²) in [5.74, 6) is 0.826. The highest BCUT2D eigenvalue weighted by atomic mass is 19.1. The lowest BCUT2D eigenvalue weighted by atomic mass is 9.85. The highest BCUT2D eigenvalue weighted by Gasteiger charge is 2.25. The Morgan fingerprint density at radius 1 is 1.12 bits per heavy atom. The Hall–Kier alpha value is -4.01. The van der Waals surface area contributed by atoms with Crippen molar-refractivity contribution in [3.05, 3.63) is 88.5 Å². The molecule has 2 aromatic heterocycles. The number of benzene rings is 2. The first-order chi connectivity index (χ1) is 16.3. The molecule has 34 heavy (non-hydrogen) atoms. The summed E-state index contributed by atoms with van der Waals surface area (Å²) in [6.45, 7) is 4.36. The molecule has 9 heteroatoms. The molecular weight excluding hydrogens is 437 g/mol. The van der Waals surface area contributed by atoms with E-state index < -0.39 is 16.8 Å². The van der Waals surface area contributed by atoms with Crippen LogP contribution in [0.2, 0.25) is 0 Å². The fourth-order valence-corrected chi connectivity index (χ4v) is 3.82. The molecule has 4 aromatic rings. The van der Waals surface area contributed by atoms with Crippen LogP contribution in [0.5, 0.6) is 5.75 Å². The lowest BCUT2D eigenvalue weighted by Gasteiger charge is -2.23. The van der Waals surface area contributed by atoms with Crippen molar-refractivity contribution in [2.24, 2.45) is 5.41 Å². The van der Waals surface area contributed by atoms with Gasteiger partial charge in [0.1, 0.15) is 17.4 Å². The number of halogens is 1. The van der Waals surface area contributed by atoms with E-state index in [0.29, 0.717) is 24.5 Å². The minimum absolute atomic E-state index is 0.0805. The fourth-order valence-electron chi connectivity index (χ4n) is 3.82. The topological polar surface area (TPSA) is 90.5 Å². The van der Waals surface area contributed by atoms with Gasteiger partial charge in [0.2, 0.25) is 11.6 Å². The maximum absolute atomic E-state index is 13.6. The van der Waals surface area contributed by atoms with Crippen LogP contribution < -0.4 is 15.6 Å². The predicted molar refractivity (Wildman–Crippen MR) is 125 cm³/mol. The minimum Gasteiger partial charge on any atom is -0.497 e. The van der Waals surface area contributed by atoms with Crippen LogP contribution >= 0.6 is 0 Å². The molecule has 0 aliphatic rings. The Bertz CT molecular complexity index is 1380. The van der Waals surface area contributed by atoms with E-state index in [1.807, 2.05) is 38.1 Å². The Morgan fingerprint density at radius 2 is 1.88 bits per heavy atom. The number of fused-ring (bicyclic) bond motifs is 1. The molecule has 0 saturated carbocycles. The van der Waals surface area contributed by atoms with Crippen molar-refractivity contribution < 1.29 is 13.9 Å². The molecule has 0 saturated heterocycles. The zero-order valence-electron chi connectivity index (χ0n) is 19.3. The van der Waals surface area contributed by atoms with Crippen molar-refractivity contribution in [3.8, 4) is 11.4 Å². The van der Waals surface area contributed by atoms with E-state index >= 15 is 0 Å². The molecule has 1 amide bonds. The van der Waals surface area contributed by atoms with Crippen LogP contribution in [-0.2, 0) is 17.8 Å². The molecule has 0 aliphatic carbocycles. The van der Waals surface area contributed by atoms with E-state index in [1.165, 1.54) is 16.7 Å². The molecule has 0 atom stereocenters. The second-order valence-electron chi connectivity index (χ2n) is 8.91. The maximum Gasteiger partial charge on any atom is 0.300 e. The first kappa shape index (κ1) is 23.2. The van der Waals surface area contributed by atoms with Gasteiger partial charge in [0.25, 0.3) is 0 Å². The van der Waals surface area contributed by atoms with E-state index in [1.54, 1.807) is 36.0 Å². The van der Waals surface area contributed by atoms with Crippen LogP contribution in [-0.4, -0.2) is 32.2 Å². The molecule has 0 fully saturated rings. The van der Waals surface area contributed by atoms with Gasteiger partial charge in [-0.15, -0.1) is 10.2 Å². The average Bonchev–Trinajstić information content (AvgIpc) is 3.20. The third kappa shape index (κ3) is 5.14. The van der Waals surface area contributed by atoms with Crippen LogP contribution in [0.3, 0.4) is 0 Å². The number of rotatable bonds is 8. The molecule has 0 radical (unpaired) electrons. The van der Waals surface area contributed by atoms with Gasteiger partial charge >= 0.3 is 5.56 Å². The molecule has 8 nitrogen and oxygen atoms in total. The first-order valence-corrected chi connectivity index (χ1v) is 10.9. The SMILES string of the molecule is COc1ccc(CNC(=O)CC(C)(C)Cc2nnc3c(=O)n(-c4cccc(F)c4)ccn23)cc1. The van der Waals surface area contributed by atoms with Crippen LogP contribution in [0, 0.1) is 11.2 Å². The number of carbonyl (C=O) groups excluding carboxylic acids is 1. The minimum atomic E-state index is -0.432. The number of carbonyl (C=O) groups is 1. The summed E-state index contributed by atoms with van der Waals surface area (Å²) in [5, 5.41) is 11.2. The van der Waals surface area contributed by atoms with Crippen LogP contribution in [0.15, 0.2) is 65.7 Å². The second-order valence-corrected chi connectivity index (χ2v) is 8.91. The van der Waals surface area contributed by atoms with E-state index in [4.69, 9.17) is 4.74 Å².